The van der Waals surface area contributed by atoms with E-state index in [9.17, 15) is 10.1 Å². The third-order valence-corrected chi connectivity index (χ3v) is 6.59. The van der Waals surface area contributed by atoms with Gasteiger partial charge in [-0.05, 0) is 48.3 Å². The zero-order valence-electron chi connectivity index (χ0n) is 16.6. The van der Waals surface area contributed by atoms with E-state index >= 15 is 0 Å². The van der Waals surface area contributed by atoms with Crippen LogP contribution in [0.25, 0.3) is 0 Å². The molecule has 1 saturated heterocycles. The maximum absolute atomic E-state index is 12.0. The molecule has 9 heteroatoms. The van der Waals surface area contributed by atoms with E-state index in [0.29, 0.717) is 21.6 Å². The molecule has 4 rings (SSSR count). The molecular weight excluding hydrogens is 413 g/mol. The summed E-state index contributed by atoms with van der Waals surface area (Å²) in [6.45, 7) is 7.56. The largest absolute Gasteiger partial charge is 0.353 e. The summed E-state index contributed by atoms with van der Waals surface area (Å²) in [6.07, 6.45) is 4.48. The van der Waals surface area contributed by atoms with Crippen LogP contribution in [0.1, 0.15) is 40.0 Å². The van der Waals surface area contributed by atoms with Gasteiger partial charge in [-0.15, -0.1) is 0 Å². The fourth-order valence-electron chi connectivity index (χ4n) is 5.26. The molecule has 1 N–H and O–H groups in total. The van der Waals surface area contributed by atoms with Crippen LogP contribution in [0.3, 0.4) is 0 Å². The van der Waals surface area contributed by atoms with E-state index in [1.54, 1.807) is 18.2 Å². The predicted octanol–water partition coefficient (Wildman–Crippen LogP) is 5.84. The van der Waals surface area contributed by atoms with Crippen LogP contribution in [-0.2, 0) is 0 Å². The highest BCUT2D eigenvalue weighted by atomic mass is 35.5. The molecule has 29 heavy (non-hydrogen) atoms. The topological polar surface area (TPSA) is 84.2 Å². The molecule has 2 fully saturated rings. The van der Waals surface area contributed by atoms with Gasteiger partial charge in [0.1, 0.15) is 6.33 Å². The Balaban J connectivity index is 1.73. The van der Waals surface area contributed by atoms with Gasteiger partial charge >= 0.3 is 5.69 Å². The summed E-state index contributed by atoms with van der Waals surface area (Å²) in [4.78, 5) is 22.2. The highest BCUT2D eigenvalue weighted by Crippen LogP contribution is 2.54. The Hall–Kier alpha value is -2.12. The molecule has 2 bridgehead atoms. The van der Waals surface area contributed by atoms with Crippen molar-refractivity contribution in [2.45, 2.75) is 46.1 Å². The highest BCUT2D eigenvalue weighted by Gasteiger charge is 2.51. The van der Waals surface area contributed by atoms with Crippen molar-refractivity contribution in [2.75, 3.05) is 16.8 Å². The number of benzene rings is 1. The van der Waals surface area contributed by atoms with Crippen molar-refractivity contribution in [1.82, 2.24) is 9.97 Å². The number of nitrogens with zero attached hydrogens (tertiary/aromatic N) is 4. The lowest BCUT2D eigenvalue weighted by Crippen LogP contribution is -2.35. The second-order valence-electron chi connectivity index (χ2n) is 9.25. The average molecular weight is 436 g/mol. The van der Waals surface area contributed by atoms with E-state index in [4.69, 9.17) is 23.2 Å². The molecule has 0 amide bonds. The van der Waals surface area contributed by atoms with Crippen molar-refractivity contribution >= 4 is 46.2 Å². The third-order valence-electron chi connectivity index (χ3n) is 5.85. The molecule has 2 heterocycles. The molecule has 1 saturated carbocycles. The zero-order chi connectivity index (χ0) is 21.0. The Morgan fingerprint density at radius 3 is 2.66 bits per heavy atom. The van der Waals surface area contributed by atoms with Crippen molar-refractivity contribution in [3.63, 3.8) is 0 Å². The molecule has 1 aromatic heterocycles. The van der Waals surface area contributed by atoms with Crippen LogP contribution in [0.4, 0.5) is 23.0 Å². The minimum absolute atomic E-state index is 0.118. The van der Waals surface area contributed by atoms with Crippen LogP contribution in [-0.4, -0.2) is 27.5 Å². The third kappa shape index (κ3) is 3.85. The molecular formula is C20H23Cl2N5O2. The van der Waals surface area contributed by atoms with E-state index in [1.807, 2.05) is 0 Å². The smallest absolute Gasteiger partial charge is 0.347 e. The van der Waals surface area contributed by atoms with Crippen molar-refractivity contribution in [3.05, 3.63) is 44.7 Å². The molecule has 0 radical (unpaired) electrons. The molecule has 1 aliphatic heterocycles. The number of anilines is 3. The van der Waals surface area contributed by atoms with E-state index in [0.717, 1.165) is 25.8 Å². The molecule has 1 aromatic carbocycles. The first-order chi connectivity index (χ1) is 13.6. The van der Waals surface area contributed by atoms with Gasteiger partial charge in [0.2, 0.25) is 11.6 Å². The standard InChI is InChI=1S/C20H23Cl2N5O2/c1-19(2)7-13-8-20(3,9-19)10-26(13)18-16(27(28)29)17(23-11-24-18)25-12-4-5-14(21)15(22)6-12/h4-6,11,13H,7-10H2,1-3H3,(H,23,24,25). The summed E-state index contributed by atoms with van der Waals surface area (Å²) in [5.41, 5.74) is 0.783. The number of halogens is 2. The second-order valence-corrected chi connectivity index (χ2v) is 10.1. The molecule has 2 unspecified atom stereocenters. The fourth-order valence-corrected chi connectivity index (χ4v) is 5.56. The Bertz CT molecular complexity index is 983. The van der Waals surface area contributed by atoms with E-state index in [-0.39, 0.29) is 28.4 Å². The number of aromatic nitrogens is 2. The van der Waals surface area contributed by atoms with Gasteiger partial charge in [-0.2, -0.15) is 0 Å². The van der Waals surface area contributed by atoms with Gasteiger partial charge in [0, 0.05) is 18.3 Å². The summed E-state index contributed by atoms with van der Waals surface area (Å²) < 4.78 is 0. The van der Waals surface area contributed by atoms with Crippen LogP contribution in [0.15, 0.2) is 24.5 Å². The predicted molar refractivity (Wildman–Crippen MR) is 115 cm³/mol. The van der Waals surface area contributed by atoms with Crippen molar-refractivity contribution in [3.8, 4) is 0 Å². The van der Waals surface area contributed by atoms with E-state index < -0.39 is 4.92 Å². The van der Waals surface area contributed by atoms with Gasteiger partial charge in [-0.1, -0.05) is 44.0 Å². The van der Waals surface area contributed by atoms with Crippen LogP contribution in [0.5, 0.6) is 0 Å². The molecule has 2 atom stereocenters. The monoisotopic (exact) mass is 435 g/mol. The molecule has 1 aliphatic carbocycles. The lowest BCUT2D eigenvalue weighted by Gasteiger charge is -2.39. The number of nitro groups is 1. The Labute approximate surface area is 179 Å². The molecule has 2 aromatic rings. The first kappa shape index (κ1) is 20.2. The fraction of sp³-hybridized carbons (Fsp3) is 0.500. The van der Waals surface area contributed by atoms with Crippen molar-refractivity contribution in [2.24, 2.45) is 10.8 Å². The number of nitrogens with one attached hydrogen (secondary N) is 1. The maximum Gasteiger partial charge on any atom is 0.353 e. The first-order valence-electron chi connectivity index (χ1n) is 9.55. The minimum Gasteiger partial charge on any atom is -0.347 e. The van der Waals surface area contributed by atoms with Crippen molar-refractivity contribution < 1.29 is 4.92 Å². The van der Waals surface area contributed by atoms with Crippen LogP contribution in [0, 0.1) is 20.9 Å². The molecule has 0 spiro atoms. The molecule has 154 valence electrons. The SMILES string of the molecule is CC1(C)CC2CC(C)(CN2c2ncnc(Nc3ccc(Cl)c(Cl)c3)c2[N+](=O)[O-])C1. The summed E-state index contributed by atoms with van der Waals surface area (Å²) >= 11 is 12.0. The number of rotatable bonds is 4. The van der Waals surface area contributed by atoms with E-state index in [2.05, 4.69) is 41.0 Å². The second kappa shape index (κ2) is 6.99. The van der Waals surface area contributed by atoms with E-state index in [1.165, 1.54) is 6.33 Å². The van der Waals surface area contributed by atoms with Crippen molar-refractivity contribution in [1.29, 1.82) is 0 Å². The van der Waals surface area contributed by atoms with Gasteiger partial charge in [0.25, 0.3) is 0 Å². The Morgan fingerprint density at radius 2 is 1.97 bits per heavy atom. The zero-order valence-corrected chi connectivity index (χ0v) is 18.1. The Kier molecular flexibility index (Phi) is 4.86. The van der Waals surface area contributed by atoms with Gasteiger partial charge < -0.3 is 10.2 Å². The van der Waals surface area contributed by atoms with Gasteiger partial charge in [0.05, 0.1) is 15.0 Å². The Morgan fingerprint density at radius 1 is 1.21 bits per heavy atom. The quantitative estimate of drug-likeness (QED) is 0.479. The van der Waals surface area contributed by atoms with Crippen LogP contribution >= 0.6 is 23.2 Å². The van der Waals surface area contributed by atoms with Gasteiger partial charge in [-0.3, -0.25) is 10.1 Å². The van der Waals surface area contributed by atoms with Gasteiger partial charge in [0.15, 0.2) is 0 Å². The minimum atomic E-state index is -0.412. The highest BCUT2D eigenvalue weighted by molar-refractivity contribution is 6.42. The number of hydrogen-bond donors (Lipinski definition) is 1. The average Bonchev–Trinajstić information content (AvgIpc) is 2.86. The summed E-state index contributed by atoms with van der Waals surface area (Å²) in [5.74, 6) is 0.517. The summed E-state index contributed by atoms with van der Waals surface area (Å²) in [7, 11) is 0. The first-order valence-corrected chi connectivity index (χ1v) is 10.3. The van der Waals surface area contributed by atoms with Gasteiger partial charge in [-0.25, -0.2) is 9.97 Å². The lowest BCUT2D eigenvalue weighted by atomic mass is 9.65. The molecule has 2 aliphatic rings. The lowest BCUT2D eigenvalue weighted by molar-refractivity contribution is -0.383. The maximum atomic E-state index is 12.0. The molecule has 7 nitrogen and oxygen atoms in total. The number of fused-ring (bicyclic) bond motifs is 2. The summed E-state index contributed by atoms with van der Waals surface area (Å²) in [6, 6.07) is 5.18. The summed E-state index contributed by atoms with van der Waals surface area (Å²) in [5, 5.41) is 15.8. The van der Waals surface area contributed by atoms with Crippen LogP contribution in [0.2, 0.25) is 10.0 Å². The number of hydrogen-bond acceptors (Lipinski definition) is 6. The normalized spacial score (nSPS) is 25.1. The van der Waals surface area contributed by atoms with Crippen LogP contribution < -0.4 is 10.2 Å².